The maximum atomic E-state index is 13.2. The van der Waals surface area contributed by atoms with Gasteiger partial charge in [0.05, 0.1) is 17.6 Å². The lowest BCUT2D eigenvalue weighted by molar-refractivity contribution is 0.0783. The topological polar surface area (TPSA) is 59.2 Å². The van der Waals surface area contributed by atoms with Crippen LogP contribution >= 0.6 is 0 Å². The van der Waals surface area contributed by atoms with Gasteiger partial charge in [-0.05, 0) is 51.3 Å². The second-order valence-corrected chi connectivity index (χ2v) is 7.37. The zero-order valence-electron chi connectivity index (χ0n) is 15.7. The first kappa shape index (κ1) is 16.8. The molecule has 1 fully saturated rings. The van der Waals surface area contributed by atoms with Crippen molar-refractivity contribution in [2.45, 2.75) is 46.1 Å². The van der Waals surface area contributed by atoms with E-state index in [0.717, 1.165) is 44.7 Å². The average molecular weight is 349 g/mol. The molecule has 0 radical (unpaired) electrons. The summed E-state index contributed by atoms with van der Waals surface area (Å²) in [7, 11) is 1.81. The van der Waals surface area contributed by atoms with Crippen molar-refractivity contribution in [2.75, 3.05) is 7.05 Å². The molecule has 1 saturated carbocycles. The molecule has 2 aromatic heterocycles. The van der Waals surface area contributed by atoms with Gasteiger partial charge >= 0.3 is 0 Å². The van der Waals surface area contributed by atoms with Gasteiger partial charge in [0.1, 0.15) is 11.5 Å². The largest absolute Gasteiger partial charge is 0.361 e. The van der Waals surface area contributed by atoms with Gasteiger partial charge in [0.25, 0.3) is 5.91 Å². The highest BCUT2D eigenvalue weighted by atomic mass is 16.5. The average Bonchev–Trinajstić information content (AvgIpc) is 3.36. The smallest absolute Gasteiger partial charge is 0.254 e. The van der Waals surface area contributed by atoms with Crippen molar-refractivity contribution in [2.24, 2.45) is 0 Å². The fourth-order valence-corrected chi connectivity index (χ4v) is 3.34. The molecule has 1 aromatic carbocycles. The van der Waals surface area contributed by atoms with E-state index in [4.69, 9.17) is 4.52 Å². The van der Waals surface area contributed by atoms with Gasteiger partial charge in [-0.1, -0.05) is 16.8 Å². The van der Waals surface area contributed by atoms with Gasteiger partial charge in [-0.2, -0.15) is 0 Å². The van der Waals surface area contributed by atoms with Gasteiger partial charge in [-0.3, -0.25) is 9.78 Å². The molecule has 2 heterocycles. The number of amides is 1. The molecule has 0 unspecified atom stereocenters. The molecule has 5 nitrogen and oxygen atoms in total. The van der Waals surface area contributed by atoms with Gasteiger partial charge in [0.15, 0.2) is 0 Å². The highest BCUT2D eigenvalue weighted by Gasteiger charge is 2.28. The number of carbonyl (C=O) groups excluding carboxylic acids is 1. The fraction of sp³-hybridized carbons (Fsp3) is 0.381. The number of aryl methyl sites for hydroxylation is 2. The molecular weight excluding hydrogens is 326 g/mol. The van der Waals surface area contributed by atoms with Crippen LogP contribution in [0.25, 0.3) is 10.9 Å². The molecule has 0 saturated heterocycles. The van der Waals surface area contributed by atoms with Gasteiger partial charge in [-0.15, -0.1) is 0 Å². The molecule has 1 aliphatic carbocycles. The van der Waals surface area contributed by atoms with Crippen LogP contribution in [-0.2, 0) is 6.54 Å². The minimum atomic E-state index is -0.0143. The Bertz CT molecular complexity index is 1000. The summed E-state index contributed by atoms with van der Waals surface area (Å²) in [5, 5.41) is 5.03. The molecule has 4 rings (SSSR count). The van der Waals surface area contributed by atoms with E-state index in [0.29, 0.717) is 12.5 Å². The number of rotatable bonds is 4. The molecule has 1 amide bonds. The van der Waals surface area contributed by atoms with Gasteiger partial charge in [-0.25, -0.2) is 0 Å². The first-order valence-electron chi connectivity index (χ1n) is 9.02. The van der Waals surface area contributed by atoms with Gasteiger partial charge in [0, 0.05) is 30.1 Å². The van der Waals surface area contributed by atoms with E-state index in [1.165, 1.54) is 12.8 Å². The molecule has 0 bridgehead atoms. The number of nitrogens with zero attached hydrogens (tertiary/aromatic N) is 3. The van der Waals surface area contributed by atoms with Crippen LogP contribution < -0.4 is 0 Å². The number of pyridine rings is 1. The standard InChI is InChI=1S/C21H23N3O2/c1-12-5-8-18-17(9-12)20(13(2)14(3)22-18)21(25)24(4)11-16-10-19(26-23-16)15-6-7-15/h5,8-10,15H,6-7,11H2,1-4H3. The second-order valence-electron chi connectivity index (χ2n) is 7.37. The Morgan fingerprint density at radius 3 is 2.73 bits per heavy atom. The quantitative estimate of drug-likeness (QED) is 0.705. The third-order valence-corrected chi connectivity index (χ3v) is 5.14. The van der Waals surface area contributed by atoms with E-state index < -0.39 is 0 Å². The second kappa shape index (κ2) is 6.24. The number of fused-ring (bicyclic) bond motifs is 1. The van der Waals surface area contributed by atoms with Crippen LogP contribution in [0.3, 0.4) is 0 Å². The molecular formula is C21H23N3O2. The molecule has 0 atom stereocenters. The predicted molar refractivity (Wildman–Crippen MR) is 100 cm³/mol. The number of aromatic nitrogens is 2. The molecule has 0 spiro atoms. The minimum Gasteiger partial charge on any atom is -0.361 e. The summed E-state index contributed by atoms with van der Waals surface area (Å²) in [5.41, 5.74) is 5.31. The number of benzene rings is 1. The van der Waals surface area contributed by atoms with E-state index in [2.05, 4.69) is 10.1 Å². The zero-order valence-corrected chi connectivity index (χ0v) is 15.7. The molecule has 26 heavy (non-hydrogen) atoms. The Balaban J connectivity index is 1.67. The Morgan fingerprint density at radius 2 is 2.00 bits per heavy atom. The third-order valence-electron chi connectivity index (χ3n) is 5.14. The van der Waals surface area contributed by atoms with Crippen molar-refractivity contribution >= 4 is 16.8 Å². The van der Waals surface area contributed by atoms with E-state index in [1.54, 1.807) is 4.90 Å². The third kappa shape index (κ3) is 2.98. The zero-order chi connectivity index (χ0) is 18.4. The number of hydrogen-bond donors (Lipinski definition) is 0. The lowest BCUT2D eigenvalue weighted by atomic mass is 9.99. The van der Waals surface area contributed by atoms with Crippen LogP contribution in [0.15, 0.2) is 28.8 Å². The van der Waals surface area contributed by atoms with Crippen LogP contribution in [0.1, 0.15) is 57.4 Å². The van der Waals surface area contributed by atoms with Crippen LogP contribution in [0.5, 0.6) is 0 Å². The van der Waals surface area contributed by atoms with E-state index in [-0.39, 0.29) is 5.91 Å². The molecule has 5 heteroatoms. The summed E-state index contributed by atoms with van der Waals surface area (Å²) in [6.07, 6.45) is 2.34. The van der Waals surface area contributed by atoms with Crippen LogP contribution in [0, 0.1) is 20.8 Å². The molecule has 0 N–H and O–H groups in total. The molecule has 3 aromatic rings. The van der Waals surface area contributed by atoms with Crippen LogP contribution in [-0.4, -0.2) is 28.0 Å². The Hall–Kier alpha value is -2.69. The number of carbonyl (C=O) groups is 1. The van der Waals surface area contributed by atoms with E-state index in [1.807, 2.05) is 52.1 Å². The molecule has 0 aliphatic heterocycles. The molecule has 134 valence electrons. The van der Waals surface area contributed by atoms with Crippen molar-refractivity contribution in [3.63, 3.8) is 0 Å². The lowest BCUT2D eigenvalue weighted by Crippen LogP contribution is -2.27. The maximum absolute atomic E-state index is 13.2. The summed E-state index contributed by atoms with van der Waals surface area (Å²) in [5.74, 6) is 1.45. The van der Waals surface area contributed by atoms with E-state index >= 15 is 0 Å². The first-order valence-corrected chi connectivity index (χ1v) is 9.02. The summed E-state index contributed by atoms with van der Waals surface area (Å²) >= 11 is 0. The summed E-state index contributed by atoms with van der Waals surface area (Å²) < 4.78 is 5.41. The van der Waals surface area contributed by atoms with Crippen molar-refractivity contribution in [3.05, 3.63) is 58.1 Å². The highest BCUT2D eigenvalue weighted by Crippen LogP contribution is 2.40. The Morgan fingerprint density at radius 1 is 1.23 bits per heavy atom. The van der Waals surface area contributed by atoms with Crippen molar-refractivity contribution in [1.82, 2.24) is 15.0 Å². The van der Waals surface area contributed by atoms with Crippen molar-refractivity contribution < 1.29 is 9.32 Å². The molecule has 1 aliphatic rings. The van der Waals surface area contributed by atoms with Crippen molar-refractivity contribution in [1.29, 1.82) is 0 Å². The van der Waals surface area contributed by atoms with E-state index in [9.17, 15) is 4.79 Å². The Kier molecular flexibility index (Phi) is 4.02. The highest BCUT2D eigenvalue weighted by molar-refractivity contribution is 6.07. The fourth-order valence-electron chi connectivity index (χ4n) is 3.34. The summed E-state index contributed by atoms with van der Waals surface area (Å²) in [4.78, 5) is 19.6. The van der Waals surface area contributed by atoms with Crippen LogP contribution in [0.2, 0.25) is 0 Å². The summed E-state index contributed by atoms with van der Waals surface area (Å²) in [6.45, 7) is 6.38. The minimum absolute atomic E-state index is 0.0143. The number of hydrogen-bond acceptors (Lipinski definition) is 4. The Labute approximate surface area is 153 Å². The lowest BCUT2D eigenvalue weighted by Gasteiger charge is -2.19. The van der Waals surface area contributed by atoms with Crippen LogP contribution in [0.4, 0.5) is 0 Å². The van der Waals surface area contributed by atoms with Gasteiger partial charge < -0.3 is 9.42 Å². The SMILES string of the molecule is Cc1ccc2nc(C)c(C)c(C(=O)N(C)Cc3cc(C4CC4)on3)c2c1. The first-order chi connectivity index (χ1) is 12.4. The predicted octanol–water partition coefficient (Wildman–Crippen LogP) is 4.30. The normalized spacial score (nSPS) is 14.0. The summed E-state index contributed by atoms with van der Waals surface area (Å²) in [6, 6.07) is 8.02. The monoisotopic (exact) mass is 349 g/mol. The van der Waals surface area contributed by atoms with Crippen molar-refractivity contribution in [3.8, 4) is 0 Å². The van der Waals surface area contributed by atoms with Gasteiger partial charge in [0.2, 0.25) is 0 Å². The maximum Gasteiger partial charge on any atom is 0.254 e.